The van der Waals surface area contributed by atoms with Crippen LogP contribution in [0.3, 0.4) is 0 Å². The molecule has 0 spiro atoms. The fraction of sp³-hybridized carbons (Fsp3) is 1.00. The molecule has 0 atom stereocenters. The molecule has 2 saturated heterocycles. The summed E-state index contributed by atoms with van der Waals surface area (Å²) in [6.07, 6.45) is 4.86. The van der Waals surface area contributed by atoms with E-state index in [2.05, 4.69) is 44.4 Å². The summed E-state index contributed by atoms with van der Waals surface area (Å²) in [5.41, 5.74) is -0.200. The summed E-state index contributed by atoms with van der Waals surface area (Å²) in [4.78, 5) is 5.12. The smallest absolute Gasteiger partial charge is 0.0648 e. The maximum atomic E-state index is 10.2. The van der Waals surface area contributed by atoms with Gasteiger partial charge in [0, 0.05) is 24.2 Å². The molecule has 0 aromatic carbocycles. The van der Waals surface area contributed by atoms with Crippen molar-refractivity contribution in [1.29, 1.82) is 0 Å². The fourth-order valence-electron chi connectivity index (χ4n) is 4.30. The minimum atomic E-state index is -0.548. The number of likely N-dealkylation sites (tertiary alicyclic amines) is 2. The van der Waals surface area contributed by atoms with Crippen molar-refractivity contribution in [2.45, 2.75) is 96.9 Å². The lowest BCUT2D eigenvalue weighted by Crippen LogP contribution is -2.54. The van der Waals surface area contributed by atoms with Crippen molar-refractivity contribution in [3.8, 4) is 0 Å². The molecular weight excluding hydrogens is 312 g/mol. The van der Waals surface area contributed by atoms with Crippen LogP contribution in [0.4, 0.5) is 0 Å². The summed E-state index contributed by atoms with van der Waals surface area (Å²) in [6.45, 7) is 20.6. The van der Waals surface area contributed by atoms with Crippen LogP contribution in [0.1, 0.15) is 74.1 Å². The number of hydrogen-bond acceptors (Lipinski definition) is 4. The Morgan fingerprint density at radius 3 is 1.72 bits per heavy atom. The van der Waals surface area contributed by atoms with Gasteiger partial charge in [0.05, 0.1) is 18.3 Å². The first-order chi connectivity index (χ1) is 11.4. The number of hydrogen-bond donors (Lipinski definition) is 1. The van der Waals surface area contributed by atoms with Crippen LogP contribution < -0.4 is 0 Å². The first-order valence-electron chi connectivity index (χ1n) is 10.2. The van der Waals surface area contributed by atoms with Gasteiger partial charge < -0.3 is 9.84 Å². The van der Waals surface area contributed by atoms with Crippen LogP contribution in [0.5, 0.6) is 0 Å². The maximum absolute atomic E-state index is 10.2. The highest BCUT2D eigenvalue weighted by Crippen LogP contribution is 2.31. The molecule has 148 valence electrons. The molecule has 0 aromatic rings. The van der Waals surface area contributed by atoms with E-state index in [1.807, 2.05) is 13.8 Å². The quantitative estimate of drug-likeness (QED) is 0.819. The van der Waals surface area contributed by atoms with Crippen LogP contribution in [-0.4, -0.2) is 70.5 Å². The van der Waals surface area contributed by atoms with Crippen LogP contribution >= 0.6 is 0 Å². The predicted molar refractivity (Wildman–Crippen MR) is 105 cm³/mol. The lowest BCUT2D eigenvalue weighted by Gasteiger charge is -2.46. The summed E-state index contributed by atoms with van der Waals surface area (Å²) in [5.74, 6) is 0.419. The van der Waals surface area contributed by atoms with E-state index in [-0.39, 0.29) is 11.1 Å². The highest BCUT2D eigenvalue weighted by atomic mass is 16.5. The van der Waals surface area contributed by atoms with Gasteiger partial charge in [0.15, 0.2) is 0 Å². The van der Waals surface area contributed by atoms with Crippen molar-refractivity contribution < 1.29 is 9.84 Å². The Kier molecular flexibility index (Phi) is 6.63. The SMILES string of the molecule is CC(C)(O)C1CCN(C(C)(C)COC2CCN(C(C)(C)C)CC2)CC1. The van der Waals surface area contributed by atoms with E-state index in [0.29, 0.717) is 12.0 Å². The maximum Gasteiger partial charge on any atom is 0.0648 e. The summed E-state index contributed by atoms with van der Waals surface area (Å²) < 4.78 is 6.34. The van der Waals surface area contributed by atoms with Crippen molar-refractivity contribution in [2.24, 2.45) is 5.92 Å². The zero-order valence-corrected chi connectivity index (χ0v) is 17.8. The average Bonchev–Trinajstić information content (AvgIpc) is 2.52. The fourth-order valence-corrected chi connectivity index (χ4v) is 4.30. The molecule has 0 bridgehead atoms. The molecule has 2 aliphatic rings. The van der Waals surface area contributed by atoms with E-state index in [1.165, 1.54) is 0 Å². The van der Waals surface area contributed by atoms with Crippen molar-refractivity contribution in [3.05, 3.63) is 0 Å². The Morgan fingerprint density at radius 1 is 0.800 bits per heavy atom. The first-order valence-corrected chi connectivity index (χ1v) is 10.2. The van der Waals surface area contributed by atoms with Gasteiger partial charge in [-0.05, 0) is 93.2 Å². The zero-order valence-electron chi connectivity index (χ0n) is 17.8. The number of piperidine rings is 2. The lowest BCUT2D eigenvalue weighted by molar-refractivity contribution is -0.0745. The van der Waals surface area contributed by atoms with Gasteiger partial charge in [-0.1, -0.05) is 0 Å². The molecule has 4 nitrogen and oxygen atoms in total. The van der Waals surface area contributed by atoms with Gasteiger partial charge in [0.1, 0.15) is 0 Å². The van der Waals surface area contributed by atoms with Crippen molar-refractivity contribution >= 4 is 0 Å². The number of nitrogens with zero attached hydrogens (tertiary/aromatic N) is 2. The average molecular weight is 355 g/mol. The van der Waals surface area contributed by atoms with E-state index in [4.69, 9.17) is 4.74 Å². The Balaban J connectivity index is 1.75. The highest BCUT2D eigenvalue weighted by Gasteiger charge is 2.36. The number of rotatable bonds is 5. The molecule has 0 amide bonds. The van der Waals surface area contributed by atoms with Gasteiger partial charge in [-0.3, -0.25) is 9.80 Å². The largest absolute Gasteiger partial charge is 0.390 e. The van der Waals surface area contributed by atoms with Crippen LogP contribution in [0, 0.1) is 5.92 Å². The van der Waals surface area contributed by atoms with E-state index in [0.717, 1.165) is 58.5 Å². The third-order valence-corrected chi connectivity index (χ3v) is 6.41. The molecule has 2 aliphatic heterocycles. The Morgan fingerprint density at radius 2 is 1.28 bits per heavy atom. The minimum Gasteiger partial charge on any atom is -0.390 e. The first kappa shape index (κ1) is 21.1. The standard InChI is InChI=1S/C21H42N2O2/c1-19(2,3)22-14-10-18(11-15-22)25-16-20(4,5)23-12-8-17(9-13-23)21(6,7)24/h17-18,24H,8-16H2,1-7H3. The van der Waals surface area contributed by atoms with Crippen LogP contribution in [0.25, 0.3) is 0 Å². The Bertz CT molecular complexity index is 407. The molecule has 0 aliphatic carbocycles. The second kappa shape index (κ2) is 7.84. The monoisotopic (exact) mass is 354 g/mol. The summed E-state index contributed by atoms with van der Waals surface area (Å²) >= 11 is 0. The molecule has 25 heavy (non-hydrogen) atoms. The predicted octanol–water partition coefficient (Wildman–Crippen LogP) is 3.53. The molecule has 0 radical (unpaired) electrons. The Hall–Kier alpha value is -0.160. The molecular formula is C21H42N2O2. The van der Waals surface area contributed by atoms with Crippen molar-refractivity contribution in [2.75, 3.05) is 32.8 Å². The molecule has 0 unspecified atom stereocenters. The summed E-state index contributed by atoms with van der Waals surface area (Å²) in [6, 6.07) is 0. The second-order valence-electron chi connectivity index (χ2n) is 10.4. The third kappa shape index (κ3) is 5.92. The number of ether oxygens (including phenoxy) is 1. The second-order valence-corrected chi connectivity index (χ2v) is 10.4. The minimum absolute atomic E-state index is 0.0751. The van der Waals surface area contributed by atoms with Gasteiger partial charge in [-0.2, -0.15) is 0 Å². The van der Waals surface area contributed by atoms with Gasteiger partial charge in [0.25, 0.3) is 0 Å². The molecule has 2 heterocycles. The molecule has 2 fully saturated rings. The molecule has 0 aromatic heterocycles. The van der Waals surface area contributed by atoms with Crippen LogP contribution in [0.15, 0.2) is 0 Å². The van der Waals surface area contributed by atoms with E-state index in [9.17, 15) is 5.11 Å². The molecule has 2 rings (SSSR count). The van der Waals surface area contributed by atoms with Crippen LogP contribution in [-0.2, 0) is 4.74 Å². The third-order valence-electron chi connectivity index (χ3n) is 6.41. The number of aliphatic hydroxyl groups is 1. The zero-order chi connectivity index (χ0) is 18.9. The van der Waals surface area contributed by atoms with Crippen LogP contribution in [0.2, 0.25) is 0 Å². The van der Waals surface area contributed by atoms with Crippen molar-refractivity contribution in [1.82, 2.24) is 9.80 Å². The van der Waals surface area contributed by atoms with E-state index >= 15 is 0 Å². The van der Waals surface area contributed by atoms with Gasteiger partial charge >= 0.3 is 0 Å². The summed E-state index contributed by atoms with van der Waals surface area (Å²) in [7, 11) is 0. The Labute approximate surface area is 155 Å². The topological polar surface area (TPSA) is 35.9 Å². The van der Waals surface area contributed by atoms with Gasteiger partial charge in [0.2, 0.25) is 0 Å². The van der Waals surface area contributed by atoms with Gasteiger partial charge in [-0.15, -0.1) is 0 Å². The van der Waals surface area contributed by atoms with E-state index < -0.39 is 5.60 Å². The molecule has 0 saturated carbocycles. The molecule has 1 N–H and O–H groups in total. The summed E-state index contributed by atoms with van der Waals surface area (Å²) in [5, 5.41) is 10.2. The highest BCUT2D eigenvalue weighted by molar-refractivity contribution is 4.90. The normalized spacial score (nSPS) is 24.0. The van der Waals surface area contributed by atoms with E-state index in [1.54, 1.807) is 0 Å². The lowest BCUT2D eigenvalue weighted by atomic mass is 9.82. The van der Waals surface area contributed by atoms with Gasteiger partial charge in [-0.25, -0.2) is 0 Å². The molecule has 4 heteroatoms. The van der Waals surface area contributed by atoms with Crippen molar-refractivity contribution in [3.63, 3.8) is 0 Å².